The van der Waals surface area contributed by atoms with Crippen molar-refractivity contribution in [1.82, 2.24) is 9.21 Å². The average molecular weight is 463 g/mol. The standard InChI is InChI=1S/C23H30N2O4S2/c1-19(18-30-20(2)26)25(13-12-24-14-16-29-17-15-24)31(27,28)23-10-8-22(9-11-23)21-6-4-3-5-7-21/h3-11,19H,12-18H2,1-2H3/t19-/m1/s1. The Morgan fingerprint density at radius 3 is 2.29 bits per heavy atom. The average Bonchev–Trinajstić information content (AvgIpc) is 2.79. The largest absolute Gasteiger partial charge is 0.379 e. The summed E-state index contributed by atoms with van der Waals surface area (Å²) in [6.07, 6.45) is 0. The van der Waals surface area contributed by atoms with Crippen molar-refractivity contribution in [3.8, 4) is 11.1 Å². The van der Waals surface area contributed by atoms with E-state index in [1.807, 2.05) is 49.4 Å². The predicted octanol–water partition coefficient (Wildman–Crippen LogP) is 3.34. The molecular formula is C23H30N2O4S2. The van der Waals surface area contributed by atoms with E-state index in [2.05, 4.69) is 4.90 Å². The van der Waals surface area contributed by atoms with Crippen LogP contribution in [0.15, 0.2) is 59.5 Å². The van der Waals surface area contributed by atoms with Crippen LogP contribution in [0, 0.1) is 0 Å². The molecule has 31 heavy (non-hydrogen) atoms. The summed E-state index contributed by atoms with van der Waals surface area (Å²) in [5, 5.41) is -0.00964. The van der Waals surface area contributed by atoms with Gasteiger partial charge in [0.25, 0.3) is 0 Å². The third-order valence-corrected chi connectivity index (χ3v) is 8.41. The molecule has 0 N–H and O–H groups in total. The summed E-state index contributed by atoms with van der Waals surface area (Å²) >= 11 is 1.16. The van der Waals surface area contributed by atoms with Gasteiger partial charge in [0.2, 0.25) is 10.0 Å². The smallest absolute Gasteiger partial charge is 0.243 e. The number of nitrogens with zero attached hydrogens (tertiary/aromatic N) is 2. The molecule has 6 nitrogen and oxygen atoms in total. The summed E-state index contributed by atoms with van der Waals surface area (Å²) in [6.45, 7) is 7.33. The zero-order valence-electron chi connectivity index (χ0n) is 18.1. The Kier molecular flexibility index (Phi) is 8.68. The molecule has 1 fully saturated rings. The van der Waals surface area contributed by atoms with Gasteiger partial charge < -0.3 is 4.74 Å². The fourth-order valence-electron chi connectivity index (χ4n) is 3.55. The maximum absolute atomic E-state index is 13.5. The minimum atomic E-state index is -3.70. The van der Waals surface area contributed by atoms with Gasteiger partial charge in [-0.25, -0.2) is 8.42 Å². The molecule has 1 heterocycles. The Hall–Kier alpha value is -1.71. The third kappa shape index (κ3) is 6.63. The van der Waals surface area contributed by atoms with Crippen LogP contribution >= 0.6 is 11.8 Å². The Labute approximate surface area is 189 Å². The summed E-state index contributed by atoms with van der Waals surface area (Å²) < 4.78 is 34.0. The van der Waals surface area contributed by atoms with Crippen LogP contribution < -0.4 is 0 Å². The number of thioether (sulfide) groups is 1. The number of rotatable bonds is 9. The van der Waals surface area contributed by atoms with Gasteiger partial charge in [-0.1, -0.05) is 54.2 Å². The summed E-state index contributed by atoms with van der Waals surface area (Å²) in [5.74, 6) is 0.430. The highest BCUT2D eigenvalue weighted by atomic mass is 32.2. The second-order valence-electron chi connectivity index (χ2n) is 7.61. The molecule has 2 aromatic carbocycles. The van der Waals surface area contributed by atoms with E-state index in [-0.39, 0.29) is 16.1 Å². The Bertz CT molecular complexity index is 943. The SMILES string of the molecule is CC(=O)SC[C@@H](C)N(CCN1CCOCC1)S(=O)(=O)c1ccc(-c2ccccc2)cc1. The lowest BCUT2D eigenvalue weighted by Crippen LogP contribution is -2.46. The van der Waals surface area contributed by atoms with Gasteiger partial charge in [0.15, 0.2) is 5.12 Å². The molecule has 1 aliphatic rings. The maximum atomic E-state index is 13.5. The van der Waals surface area contributed by atoms with E-state index in [0.717, 1.165) is 36.0 Å². The topological polar surface area (TPSA) is 66.9 Å². The molecule has 1 saturated heterocycles. The Balaban J connectivity index is 1.80. The first-order valence-corrected chi connectivity index (χ1v) is 12.9. The lowest BCUT2D eigenvalue weighted by Gasteiger charge is -2.32. The number of hydrogen-bond donors (Lipinski definition) is 0. The number of morpholine rings is 1. The molecule has 3 rings (SSSR count). The van der Waals surface area contributed by atoms with Gasteiger partial charge in [0, 0.05) is 44.9 Å². The summed E-state index contributed by atoms with van der Waals surface area (Å²) in [7, 11) is -3.70. The molecular weight excluding hydrogens is 432 g/mol. The maximum Gasteiger partial charge on any atom is 0.243 e. The lowest BCUT2D eigenvalue weighted by molar-refractivity contribution is -0.109. The van der Waals surface area contributed by atoms with Gasteiger partial charge in [0.1, 0.15) is 0 Å². The van der Waals surface area contributed by atoms with E-state index in [4.69, 9.17) is 4.74 Å². The zero-order chi connectivity index (χ0) is 22.3. The van der Waals surface area contributed by atoms with Gasteiger partial charge >= 0.3 is 0 Å². The zero-order valence-corrected chi connectivity index (χ0v) is 19.7. The number of carbonyl (C=O) groups excluding carboxylic acids is 1. The molecule has 0 bridgehead atoms. The molecule has 1 atom stereocenters. The van der Waals surface area contributed by atoms with Crippen molar-refractivity contribution in [3.05, 3.63) is 54.6 Å². The van der Waals surface area contributed by atoms with Crippen molar-refractivity contribution in [2.75, 3.05) is 45.1 Å². The molecule has 0 aromatic heterocycles. The first kappa shape index (κ1) is 23.9. The predicted molar refractivity (Wildman–Crippen MR) is 126 cm³/mol. The fourth-order valence-corrected chi connectivity index (χ4v) is 5.92. The van der Waals surface area contributed by atoms with Gasteiger partial charge in [-0.3, -0.25) is 9.69 Å². The van der Waals surface area contributed by atoms with E-state index in [0.29, 0.717) is 32.1 Å². The number of hydrogen-bond acceptors (Lipinski definition) is 6. The highest BCUT2D eigenvalue weighted by molar-refractivity contribution is 8.13. The second-order valence-corrected chi connectivity index (χ2v) is 10.7. The lowest BCUT2D eigenvalue weighted by atomic mass is 10.1. The van der Waals surface area contributed by atoms with E-state index < -0.39 is 10.0 Å². The Morgan fingerprint density at radius 1 is 1.06 bits per heavy atom. The third-order valence-electron chi connectivity index (χ3n) is 5.33. The van der Waals surface area contributed by atoms with Gasteiger partial charge in [-0.15, -0.1) is 0 Å². The van der Waals surface area contributed by atoms with Crippen molar-refractivity contribution in [1.29, 1.82) is 0 Å². The van der Waals surface area contributed by atoms with Gasteiger partial charge in [0.05, 0.1) is 18.1 Å². The molecule has 0 spiro atoms. The van der Waals surface area contributed by atoms with Crippen LogP contribution in [0.5, 0.6) is 0 Å². The van der Waals surface area contributed by atoms with E-state index in [1.165, 1.54) is 11.2 Å². The summed E-state index contributed by atoms with van der Waals surface area (Å²) in [4.78, 5) is 13.9. The van der Waals surface area contributed by atoms with Crippen LogP contribution in [0.1, 0.15) is 13.8 Å². The van der Waals surface area contributed by atoms with Crippen LogP contribution in [0.2, 0.25) is 0 Å². The van der Waals surface area contributed by atoms with Crippen molar-refractivity contribution in [2.24, 2.45) is 0 Å². The summed E-state index contributed by atoms with van der Waals surface area (Å²) in [6, 6.07) is 16.6. The molecule has 0 unspecified atom stereocenters. The first-order valence-electron chi connectivity index (χ1n) is 10.5. The van der Waals surface area contributed by atoms with E-state index in [9.17, 15) is 13.2 Å². The van der Waals surface area contributed by atoms with E-state index >= 15 is 0 Å². The fraction of sp³-hybridized carbons (Fsp3) is 0.435. The quantitative estimate of drug-likeness (QED) is 0.569. The number of sulfonamides is 1. The number of ether oxygens (including phenoxy) is 1. The van der Waals surface area contributed by atoms with Crippen LogP contribution in [0.4, 0.5) is 0 Å². The van der Waals surface area contributed by atoms with Crippen LogP contribution in [0.25, 0.3) is 11.1 Å². The van der Waals surface area contributed by atoms with E-state index in [1.54, 1.807) is 12.1 Å². The minimum absolute atomic E-state index is 0.00964. The van der Waals surface area contributed by atoms with Crippen molar-refractivity contribution >= 4 is 26.9 Å². The monoisotopic (exact) mass is 462 g/mol. The highest BCUT2D eigenvalue weighted by Gasteiger charge is 2.30. The van der Waals surface area contributed by atoms with Crippen LogP contribution in [-0.4, -0.2) is 73.9 Å². The molecule has 0 saturated carbocycles. The molecule has 0 radical (unpaired) electrons. The molecule has 0 amide bonds. The molecule has 0 aliphatic carbocycles. The first-order chi connectivity index (χ1) is 14.9. The Morgan fingerprint density at radius 2 is 1.68 bits per heavy atom. The van der Waals surface area contributed by atoms with Crippen molar-refractivity contribution in [3.63, 3.8) is 0 Å². The minimum Gasteiger partial charge on any atom is -0.379 e. The normalized spacial score (nSPS) is 16.4. The van der Waals surface area contributed by atoms with Crippen LogP contribution in [0.3, 0.4) is 0 Å². The molecule has 168 valence electrons. The second kappa shape index (κ2) is 11.2. The van der Waals surface area contributed by atoms with Crippen molar-refractivity contribution in [2.45, 2.75) is 24.8 Å². The van der Waals surface area contributed by atoms with Crippen molar-refractivity contribution < 1.29 is 17.9 Å². The summed E-state index contributed by atoms with van der Waals surface area (Å²) in [5.41, 5.74) is 2.02. The number of carbonyl (C=O) groups is 1. The van der Waals surface area contributed by atoms with Gasteiger partial charge in [-0.2, -0.15) is 4.31 Å². The van der Waals surface area contributed by atoms with Crippen LogP contribution in [-0.2, 0) is 19.6 Å². The number of benzene rings is 2. The van der Waals surface area contributed by atoms with Gasteiger partial charge in [-0.05, 0) is 30.2 Å². The highest BCUT2D eigenvalue weighted by Crippen LogP contribution is 2.25. The molecule has 2 aromatic rings. The molecule has 1 aliphatic heterocycles. The molecule has 8 heteroatoms.